The Balaban J connectivity index is 1.51. The van der Waals surface area contributed by atoms with E-state index in [1.54, 1.807) is 0 Å². The molecule has 32 heavy (non-hydrogen) atoms. The fourth-order valence-electron chi connectivity index (χ4n) is 3.97. The fraction of sp³-hybridized carbons (Fsp3) is 0.364. The van der Waals surface area contributed by atoms with Crippen molar-refractivity contribution in [3.05, 3.63) is 53.1 Å². The molecule has 2 heterocycles. The first-order valence-corrected chi connectivity index (χ1v) is 12.2. The van der Waals surface area contributed by atoms with Crippen LogP contribution in [-0.4, -0.2) is 50.3 Å². The molecule has 0 unspecified atom stereocenters. The predicted octanol–water partition coefficient (Wildman–Crippen LogP) is 2.74. The molecule has 2 aliphatic heterocycles. The summed E-state index contributed by atoms with van der Waals surface area (Å²) in [5.41, 5.74) is 1.41. The molecule has 4 rings (SSSR count). The summed E-state index contributed by atoms with van der Waals surface area (Å²) in [5, 5.41) is 5.45. The van der Waals surface area contributed by atoms with E-state index in [4.69, 9.17) is 16.3 Å². The van der Waals surface area contributed by atoms with Gasteiger partial charge in [-0.05, 0) is 30.4 Å². The van der Waals surface area contributed by atoms with Crippen LogP contribution in [-0.2, 0) is 19.6 Å². The highest BCUT2D eigenvalue weighted by Crippen LogP contribution is 2.38. The number of benzene rings is 2. The second kappa shape index (κ2) is 9.09. The number of nitrogens with one attached hydrogen (secondary N) is 2. The number of hydrogen-bond donors (Lipinski definition) is 2. The number of sulfonamides is 1. The normalized spacial score (nSPS) is 19.6. The van der Waals surface area contributed by atoms with E-state index in [2.05, 4.69) is 10.6 Å². The topological polar surface area (TPSA) is 105 Å². The van der Waals surface area contributed by atoms with E-state index in [1.807, 2.05) is 37.3 Å². The summed E-state index contributed by atoms with van der Waals surface area (Å²) in [5.74, 6) is -0.352. The van der Waals surface area contributed by atoms with Gasteiger partial charge >= 0.3 is 0 Å². The Hall–Kier alpha value is -2.62. The van der Waals surface area contributed by atoms with Gasteiger partial charge in [0.1, 0.15) is 16.7 Å². The molecule has 10 heteroatoms. The smallest absolute Gasteiger partial charge is 0.262 e. The standard InChI is InChI=1S/C22H24ClN3O5S/c1-14(15-6-3-2-4-7-15)12-24-22(28)18-8-5-9-26(18)32(29,30)20-11-19-17(10-16(20)23)25-21(27)13-31-19/h2-4,6-7,10-11,14,18H,5,8-9,12-13H2,1H3,(H,24,28)(H,25,27)/t14-,18-/m0/s1. The van der Waals surface area contributed by atoms with E-state index in [9.17, 15) is 18.0 Å². The van der Waals surface area contributed by atoms with Gasteiger partial charge in [0.25, 0.3) is 5.91 Å². The molecule has 1 fully saturated rings. The third-order valence-corrected chi connectivity index (χ3v) is 8.08. The van der Waals surface area contributed by atoms with Crippen LogP contribution in [0, 0.1) is 0 Å². The fourth-order valence-corrected chi connectivity index (χ4v) is 6.14. The number of nitrogens with zero attached hydrogens (tertiary/aromatic N) is 1. The largest absolute Gasteiger partial charge is 0.482 e. The number of fused-ring (bicyclic) bond motifs is 1. The van der Waals surface area contributed by atoms with Crippen molar-refractivity contribution in [2.24, 2.45) is 0 Å². The first-order chi connectivity index (χ1) is 15.3. The van der Waals surface area contributed by atoms with E-state index < -0.39 is 16.1 Å². The zero-order valence-electron chi connectivity index (χ0n) is 17.5. The Morgan fingerprint density at radius 1 is 1.31 bits per heavy atom. The molecule has 2 atom stereocenters. The van der Waals surface area contributed by atoms with Gasteiger partial charge in [0.2, 0.25) is 15.9 Å². The minimum absolute atomic E-state index is 0.0432. The Bertz CT molecular complexity index is 1140. The van der Waals surface area contributed by atoms with Crippen molar-refractivity contribution in [2.45, 2.75) is 36.6 Å². The Morgan fingerprint density at radius 2 is 2.06 bits per heavy atom. The Labute approximate surface area is 191 Å². The molecule has 0 spiro atoms. The van der Waals surface area contributed by atoms with E-state index in [0.717, 1.165) is 5.56 Å². The maximum Gasteiger partial charge on any atom is 0.262 e. The molecular weight excluding hydrogens is 454 g/mol. The monoisotopic (exact) mass is 477 g/mol. The number of anilines is 1. The lowest BCUT2D eigenvalue weighted by molar-refractivity contribution is -0.124. The summed E-state index contributed by atoms with van der Waals surface area (Å²) >= 11 is 6.26. The van der Waals surface area contributed by atoms with Gasteiger partial charge < -0.3 is 15.4 Å². The number of rotatable bonds is 6. The zero-order chi connectivity index (χ0) is 22.9. The third-order valence-electron chi connectivity index (χ3n) is 5.71. The number of amides is 2. The van der Waals surface area contributed by atoms with E-state index in [-0.39, 0.29) is 46.6 Å². The van der Waals surface area contributed by atoms with Crippen molar-refractivity contribution in [3.63, 3.8) is 0 Å². The average Bonchev–Trinajstić information content (AvgIpc) is 3.28. The molecule has 2 aliphatic rings. The molecule has 2 aromatic carbocycles. The van der Waals surface area contributed by atoms with Crippen LogP contribution in [0.1, 0.15) is 31.2 Å². The van der Waals surface area contributed by atoms with Crippen LogP contribution in [0.4, 0.5) is 5.69 Å². The van der Waals surface area contributed by atoms with Crippen molar-refractivity contribution >= 4 is 39.1 Å². The number of halogens is 1. The van der Waals surface area contributed by atoms with Crippen molar-refractivity contribution in [1.29, 1.82) is 0 Å². The number of ether oxygens (including phenoxy) is 1. The second-order valence-corrected chi connectivity index (χ2v) is 10.2. The minimum Gasteiger partial charge on any atom is -0.482 e. The van der Waals surface area contributed by atoms with Gasteiger partial charge in [-0.1, -0.05) is 48.9 Å². The molecule has 170 valence electrons. The highest BCUT2D eigenvalue weighted by Gasteiger charge is 2.41. The summed E-state index contributed by atoms with van der Waals surface area (Å²) in [6, 6.07) is 11.6. The number of carbonyl (C=O) groups excluding carboxylic acids is 2. The molecule has 0 saturated carbocycles. The second-order valence-electron chi connectivity index (χ2n) is 7.95. The molecule has 0 aromatic heterocycles. The lowest BCUT2D eigenvalue weighted by Gasteiger charge is -2.26. The summed E-state index contributed by atoms with van der Waals surface area (Å²) in [6.45, 7) is 2.42. The maximum atomic E-state index is 13.4. The highest BCUT2D eigenvalue weighted by atomic mass is 35.5. The van der Waals surface area contributed by atoms with Crippen molar-refractivity contribution < 1.29 is 22.7 Å². The van der Waals surface area contributed by atoms with E-state index >= 15 is 0 Å². The molecule has 2 aromatic rings. The van der Waals surface area contributed by atoms with Crippen LogP contribution in [0.15, 0.2) is 47.4 Å². The molecule has 8 nitrogen and oxygen atoms in total. The van der Waals surface area contributed by atoms with Gasteiger partial charge in [-0.2, -0.15) is 4.31 Å². The van der Waals surface area contributed by atoms with E-state index in [0.29, 0.717) is 25.1 Å². The van der Waals surface area contributed by atoms with Gasteiger partial charge in [0.15, 0.2) is 6.61 Å². The summed E-state index contributed by atoms with van der Waals surface area (Å²) in [4.78, 5) is 24.2. The molecular formula is C22H24ClN3O5S. The van der Waals surface area contributed by atoms with Crippen LogP contribution in [0.25, 0.3) is 0 Å². The highest BCUT2D eigenvalue weighted by molar-refractivity contribution is 7.89. The van der Waals surface area contributed by atoms with Crippen LogP contribution < -0.4 is 15.4 Å². The first-order valence-electron chi connectivity index (χ1n) is 10.4. The van der Waals surface area contributed by atoms with Crippen LogP contribution in [0.2, 0.25) is 5.02 Å². The van der Waals surface area contributed by atoms with Crippen molar-refractivity contribution in [3.8, 4) is 5.75 Å². The molecule has 0 bridgehead atoms. The SMILES string of the molecule is C[C@@H](CNC(=O)[C@@H]1CCCN1S(=O)(=O)c1cc2c(cc1Cl)NC(=O)CO2)c1ccccc1. The summed E-state index contributed by atoms with van der Waals surface area (Å²) in [7, 11) is -4.05. The maximum absolute atomic E-state index is 13.4. The van der Waals surface area contributed by atoms with Crippen LogP contribution >= 0.6 is 11.6 Å². The Morgan fingerprint density at radius 3 is 2.81 bits per heavy atom. The van der Waals surface area contributed by atoms with Gasteiger partial charge in [-0.25, -0.2) is 8.42 Å². The summed E-state index contributed by atoms with van der Waals surface area (Å²) in [6.07, 6.45) is 1.00. The van der Waals surface area contributed by atoms with Crippen LogP contribution in [0.3, 0.4) is 0 Å². The van der Waals surface area contributed by atoms with E-state index in [1.165, 1.54) is 16.4 Å². The minimum atomic E-state index is -4.05. The molecule has 0 radical (unpaired) electrons. The first kappa shape index (κ1) is 22.6. The van der Waals surface area contributed by atoms with Gasteiger partial charge in [-0.15, -0.1) is 0 Å². The lowest BCUT2D eigenvalue weighted by Crippen LogP contribution is -2.46. The quantitative estimate of drug-likeness (QED) is 0.665. The zero-order valence-corrected chi connectivity index (χ0v) is 19.1. The summed E-state index contributed by atoms with van der Waals surface area (Å²) < 4.78 is 33.3. The number of hydrogen-bond acceptors (Lipinski definition) is 5. The molecule has 2 N–H and O–H groups in total. The van der Waals surface area contributed by atoms with Crippen LogP contribution in [0.5, 0.6) is 5.75 Å². The molecule has 2 amide bonds. The predicted molar refractivity (Wildman–Crippen MR) is 120 cm³/mol. The number of carbonyl (C=O) groups is 2. The third kappa shape index (κ3) is 4.46. The van der Waals surface area contributed by atoms with Crippen molar-refractivity contribution in [1.82, 2.24) is 9.62 Å². The van der Waals surface area contributed by atoms with Gasteiger partial charge in [-0.3, -0.25) is 9.59 Å². The average molecular weight is 478 g/mol. The Kier molecular flexibility index (Phi) is 6.41. The van der Waals surface area contributed by atoms with Crippen molar-refractivity contribution in [2.75, 3.05) is 25.0 Å². The lowest BCUT2D eigenvalue weighted by atomic mass is 10.0. The van der Waals surface area contributed by atoms with Gasteiger partial charge in [0, 0.05) is 19.2 Å². The van der Waals surface area contributed by atoms with Gasteiger partial charge in [0.05, 0.1) is 10.7 Å². The molecule has 0 aliphatic carbocycles. The molecule has 1 saturated heterocycles.